The molecule has 1 amide bonds. The number of rotatable bonds is 3. The summed E-state index contributed by atoms with van der Waals surface area (Å²) in [4.78, 5) is 24.2. The van der Waals surface area contributed by atoms with Crippen LogP contribution in [-0.2, 0) is 19.0 Å². The molecule has 1 fully saturated rings. The fraction of sp³-hybridized carbons (Fsp3) is 0.714. The van der Waals surface area contributed by atoms with Gasteiger partial charge in [-0.25, -0.2) is 4.79 Å². The topological polar surface area (TPSA) is 65.1 Å². The number of carbonyl (C=O) groups is 2. The molecular formula is C14H21NO5. The van der Waals surface area contributed by atoms with Gasteiger partial charge >= 0.3 is 12.1 Å². The van der Waals surface area contributed by atoms with Crippen LogP contribution in [0.1, 0.15) is 26.7 Å². The lowest BCUT2D eigenvalue weighted by molar-refractivity contribution is -0.179. The van der Waals surface area contributed by atoms with Crippen LogP contribution in [-0.4, -0.2) is 55.0 Å². The first-order valence-corrected chi connectivity index (χ1v) is 6.64. The number of ether oxygens (including phenoxy) is 3. The zero-order chi connectivity index (χ0) is 15.0. The summed E-state index contributed by atoms with van der Waals surface area (Å²) in [7, 11) is 3.00. The Bertz CT molecular complexity index is 449. The van der Waals surface area contributed by atoms with Crippen LogP contribution in [0.3, 0.4) is 0 Å². The van der Waals surface area contributed by atoms with Crippen molar-refractivity contribution in [2.75, 3.05) is 20.7 Å². The number of esters is 1. The molecule has 2 bridgehead atoms. The molecule has 0 aromatic heterocycles. The molecule has 6 nitrogen and oxygen atoms in total. The van der Waals surface area contributed by atoms with Crippen molar-refractivity contribution in [1.82, 2.24) is 4.90 Å². The van der Waals surface area contributed by atoms with Gasteiger partial charge in [0.1, 0.15) is 11.7 Å². The van der Waals surface area contributed by atoms with Crippen LogP contribution in [0, 0.1) is 0 Å². The molecule has 0 aromatic carbocycles. The van der Waals surface area contributed by atoms with Crippen molar-refractivity contribution < 1.29 is 23.8 Å². The molecular weight excluding hydrogens is 262 g/mol. The minimum Gasteiger partial charge on any atom is -0.462 e. The summed E-state index contributed by atoms with van der Waals surface area (Å²) in [6.07, 6.45) is 4.51. The van der Waals surface area contributed by atoms with Gasteiger partial charge in [-0.15, -0.1) is 0 Å². The van der Waals surface area contributed by atoms with Crippen molar-refractivity contribution in [3.63, 3.8) is 0 Å². The Labute approximate surface area is 118 Å². The second-order valence-electron chi connectivity index (χ2n) is 5.78. The van der Waals surface area contributed by atoms with E-state index in [4.69, 9.17) is 14.2 Å². The normalized spacial score (nSPS) is 34.7. The van der Waals surface area contributed by atoms with Gasteiger partial charge < -0.3 is 19.1 Å². The Hall–Kier alpha value is -1.56. The number of amides is 1. The van der Waals surface area contributed by atoms with Gasteiger partial charge in [-0.1, -0.05) is 12.2 Å². The van der Waals surface area contributed by atoms with Crippen molar-refractivity contribution in [1.29, 1.82) is 0 Å². The van der Waals surface area contributed by atoms with Crippen molar-refractivity contribution in [2.45, 2.75) is 44.0 Å². The van der Waals surface area contributed by atoms with Crippen molar-refractivity contribution in [3.8, 4) is 0 Å². The van der Waals surface area contributed by atoms with E-state index in [0.29, 0.717) is 19.4 Å². The second-order valence-corrected chi connectivity index (χ2v) is 5.78. The summed E-state index contributed by atoms with van der Waals surface area (Å²) in [5.74, 6) is -0.295. The van der Waals surface area contributed by atoms with E-state index < -0.39 is 17.3 Å². The van der Waals surface area contributed by atoms with Gasteiger partial charge in [0, 0.05) is 26.8 Å². The average Bonchev–Trinajstić information content (AvgIpc) is 2.57. The van der Waals surface area contributed by atoms with E-state index in [-0.39, 0.29) is 12.1 Å². The number of fused-ring (bicyclic) bond motifs is 2. The Morgan fingerprint density at radius 3 is 2.70 bits per heavy atom. The van der Waals surface area contributed by atoms with Gasteiger partial charge in [0.2, 0.25) is 0 Å². The third-order valence-electron chi connectivity index (χ3n) is 3.71. The Kier molecular flexibility index (Phi) is 3.77. The maximum absolute atomic E-state index is 11.5. The van der Waals surface area contributed by atoms with Crippen LogP contribution in [0.25, 0.3) is 0 Å². The molecule has 0 aliphatic carbocycles. The third-order valence-corrected chi connectivity index (χ3v) is 3.71. The SMILES string of the molecule is COC(=O)N(C)CC12C=CC(C)(C[C@H](OC(C)=O)C1)O2. The summed E-state index contributed by atoms with van der Waals surface area (Å²) in [6, 6.07) is 0. The molecule has 0 aromatic rings. The highest BCUT2D eigenvalue weighted by atomic mass is 16.6. The first kappa shape index (κ1) is 14.8. The van der Waals surface area contributed by atoms with Crippen LogP contribution >= 0.6 is 0 Å². The standard InChI is InChI=1S/C14H21NO5/c1-10(16)19-11-7-13(2)5-6-14(8-11,20-13)9-15(3)12(17)18-4/h5-6,11H,7-9H2,1-4H3/t11-,13?,14?/m0/s1. The molecule has 3 atom stereocenters. The van der Waals surface area contributed by atoms with E-state index in [2.05, 4.69) is 0 Å². The van der Waals surface area contributed by atoms with Crippen LogP contribution in [0.15, 0.2) is 12.2 Å². The van der Waals surface area contributed by atoms with Crippen LogP contribution in [0.2, 0.25) is 0 Å². The van der Waals surface area contributed by atoms with E-state index in [9.17, 15) is 9.59 Å². The van der Waals surface area contributed by atoms with E-state index in [1.54, 1.807) is 7.05 Å². The number of carbonyl (C=O) groups excluding carboxylic acids is 2. The number of hydrogen-bond donors (Lipinski definition) is 0. The molecule has 20 heavy (non-hydrogen) atoms. The molecule has 112 valence electrons. The monoisotopic (exact) mass is 283 g/mol. The van der Waals surface area contributed by atoms with Crippen LogP contribution in [0.4, 0.5) is 4.79 Å². The summed E-state index contributed by atoms with van der Waals surface area (Å²) in [5, 5.41) is 0. The molecule has 0 saturated carbocycles. The van der Waals surface area contributed by atoms with E-state index in [1.807, 2.05) is 19.1 Å². The summed E-state index contributed by atoms with van der Waals surface area (Å²) in [5.41, 5.74) is -1.06. The molecule has 2 aliphatic heterocycles. The number of hydrogen-bond acceptors (Lipinski definition) is 5. The highest BCUT2D eigenvalue weighted by Crippen LogP contribution is 2.44. The van der Waals surface area contributed by atoms with Gasteiger partial charge in [-0.3, -0.25) is 4.79 Å². The summed E-state index contributed by atoms with van der Waals surface area (Å²) >= 11 is 0. The molecule has 2 aliphatic rings. The van der Waals surface area contributed by atoms with Gasteiger partial charge in [-0.05, 0) is 6.92 Å². The summed E-state index contributed by atoms with van der Waals surface area (Å²) < 4.78 is 16.1. The smallest absolute Gasteiger partial charge is 0.409 e. The second kappa shape index (κ2) is 5.09. The first-order chi connectivity index (χ1) is 9.27. The maximum Gasteiger partial charge on any atom is 0.409 e. The lowest BCUT2D eigenvalue weighted by Crippen LogP contribution is -2.52. The predicted molar refractivity (Wildman–Crippen MR) is 71.2 cm³/mol. The minimum atomic E-state index is -0.615. The van der Waals surface area contributed by atoms with Crippen LogP contribution in [0.5, 0.6) is 0 Å². The maximum atomic E-state index is 11.5. The van der Waals surface area contributed by atoms with E-state index >= 15 is 0 Å². The number of nitrogens with zero attached hydrogens (tertiary/aromatic N) is 1. The van der Waals surface area contributed by atoms with Crippen LogP contribution < -0.4 is 0 Å². The molecule has 6 heteroatoms. The Balaban J connectivity index is 2.11. The largest absolute Gasteiger partial charge is 0.462 e. The molecule has 2 unspecified atom stereocenters. The average molecular weight is 283 g/mol. The van der Waals surface area contributed by atoms with Gasteiger partial charge in [-0.2, -0.15) is 0 Å². The number of methoxy groups -OCH3 is 1. The van der Waals surface area contributed by atoms with Gasteiger partial charge in [0.05, 0.1) is 19.3 Å². The van der Waals surface area contributed by atoms with Gasteiger partial charge in [0.25, 0.3) is 0 Å². The van der Waals surface area contributed by atoms with Crippen molar-refractivity contribution in [2.24, 2.45) is 0 Å². The lowest BCUT2D eigenvalue weighted by Gasteiger charge is -2.43. The van der Waals surface area contributed by atoms with E-state index in [0.717, 1.165) is 0 Å². The fourth-order valence-corrected chi connectivity index (χ4v) is 3.08. The highest BCUT2D eigenvalue weighted by Gasteiger charge is 2.51. The molecule has 2 rings (SSSR count). The third kappa shape index (κ3) is 2.95. The Morgan fingerprint density at radius 1 is 1.40 bits per heavy atom. The van der Waals surface area contributed by atoms with Crippen molar-refractivity contribution in [3.05, 3.63) is 12.2 Å². The first-order valence-electron chi connectivity index (χ1n) is 6.64. The molecule has 0 radical (unpaired) electrons. The van der Waals surface area contributed by atoms with Gasteiger partial charge in [0.15, 0.2) is 0 Å². The zero-order valence-electron chi connectivity index (χ0n) is 12.3. The summed E-state index contributed by atoms with van der Waals surface area (Å²) in [6.45, 7) is 3.73. The highest BCUT2D eigenvalue weighted by molar-refractivity contribution is 5.67. The molecule has 2 heterocycles. The molecule has 0 spiro atoms. The predicted octanol–water partition coefficient (Wildman–Crippen LogP) is 1.49. The minimum absolute atomic E-state index is 0.202. The fourth-order valence-electron chi connectivity index (χ4n) is 3.08. The Morgan fingerprint density at radius 2 is 2.10 bits per heavy atom. The number of likely N-dealkylation sites (N-methyl/N-ethyl adjacent to an activating group) is 1. The molecule has 0 N–H and O–H groups in total. The quantitative estimate of drug-likeness (QED) is 0.580. The zero-order valence-corrected chi connectivity index (χ0v) is 12.3. The molecule has 1 saturated heterocycles. The van der Waals surface area contributed by atoms with Crippen molar-refractivity contribution >= 4 is 12.1 Å². The lowest BCUT2D eigenvalue weighted by atomic mass is 9.89. The van der Waals surface area contributed by atoms with E-state index in [1.165, 1.54) is 18.9 Å².